The Hall–Kier alpha value is -2.45. The number of hydrogen-bond acceptors (Lipinski definition) is 5. The number of amides is 2. The predicted molar refractivity (Wildman–Crippen MR) is 123 cm³/mol. The van der Waals surface area contributed by atoms with Crippen LogP contribution in [0.3, 0.4) is 0 Å². The van der Waals surface area contributed by atoms with Gasteiger partial charge in [0.25, 0.3) is 5.91 Å². The zero-order valence-electron chi connectivity index (χ0n) is 18.7. The molecule has 0 radical (unpaired) electrons. The molecule has 33 heavy (non-hydrogen) atoms. The lowest BCUT2D eigenvalue weighted by Crippen LogP contribution is -2.46. The molecule has 3 aliphatic rings. The summed E-state index contributed by atoms with van der Waals surface area (Å²) >= 11 is 5.98. The van der Waals surface area contributed by atoms with Crippen molar-refractivity contribution in [2.45, 2.75) is 70.2 Å². The van der Waals surface area contributed by atoms with E-state index in [0.29, 0.717) is 54.9 Å². The van der Waals surface area contributed by atoms with Crippen molar-refractivity contribution < 1.29 is 14.3 Å². The van der Waals surface area contributed by atoms with Crippen molar-refractivity contribution in [2.24, 2.45) is 5.92 Å². The number of hydrogen-bond donors (Lipinski definition) is 1. The molecule has 1 N–H and O–H groups in total. The lowest BCUT2D eigenvalue weighted by molar-refractivity contribution is -0.127. The van der Waals surface area contributed by atoms with Crippen LogP contribution in [-0.2, 0) is 22.7 Å². The molecule has 2 aromatic rings. The van der Waals surface area contributed by atoms with Crippen LogP contribution in [0.25, 0.3) is 0 Å². The van der Waals surface area contributed by atoms with Crippen molar-refractivity contribution in [3.63, 3.8) is 0 Å². The Labute approximate surface area is 198 Å². The SMILES string of the molecule is O=C(NC1CCCCC1)C1CCN(C(=O)c2nnn3c2COC(c2ccc(Cl)cc2)C3)CC1. The van der Waals surface area contributed by atoms with Crippen LogP contribution in [0.4, 0.5) is 0 Å². The predicted octanol–water partition coefficient (Wildman–Crippen LogP) is 3.50. The van der Waals surface area contributed by atoms with Gasteiger partial charge in [0.1, 0.15) is 6.10 Å². The molecule has 1 saturated heterocycles. The van der Waals surface area contributed by atoms with Gasteiger partial charge in [-0.25, -0.2) is 4.68 Å². The van der Waals surface area contributed by atoms with E-state index in [0.717, 1.165) is 18.4 Å². The van der Waals surface area contributed by atoms with Gasteiger partial charge in [-0.05, 0) is 43.4 Å². The van der Waals surface area contributed by atoms with Crippen LogP contribution < -0.4 is 5.32 Å². The topological polar surface area (TPSA) is 89.4 Å². The molecule has 176 valence electrons. The van der Waals surface area contributed by atoms with Gasteiger partial charge in [0.05, 0.1) is 18.8 Å². The number of piperidine rings is 1. The highest BCUT2D eigenvalue weighted by Gasteiger charge is 2.33. The van der Waals surface area contributed by atoms with Crippen molar-refractivity contribution in [3.05, 3.63) is 46.2 Å². The number of nitrogens with zero attached hydrogens (tertiary/aromatic N) is 4. The standard InChI is InChI=1S/C24H30ClN5O3/c25-18-8-6-16(7-9-18)21-14-30-20(15-33-21)22(27-28-30)24(32)29-12-10-17(11-13-29)23(31)26-19-4-2-1-3-5-19/h6-9,17,19,21H,1-5,10-15H2,(H,26,31). The summed E-state index contributed by atoms with van der Waals surface area (Å²) in [6.45, 7) is 1.90. The van der Waals surface area contributed by atoms with Crippen LogP contribution in [0.1, 0.15) is 72.8 Å². The molecular weight excluding hydrogens is 442 g/mol. The van der Waals surface area contributed by atoms with E-state index in [1.165, 1.54) is 19.3 Å². The Bertz CT molecular complexity index is 994. The molecule has 2 aliphatic heterocycles. The van der Waals surface area contributed by atoms with Gasteiger partial charge >= 0.3 is 0 Å². The minimum atomic E-state index is -0.155. The van der Waals surface area contributed by atoms with Crippen molar-refractivity contribution >= 4 is 23.4 Å². The maximum atomic E-state index is 13.2. The average Bonchev–Trinajstić information content (AvgIpc) is 3.28. The maximum absolute atomic E-state index is 13.2. The van der Waals surface area contributed by atoms with Crippen LogP contribution >= 0.6 is 11.6 Å². The first-order valence-electron chi connectivity index (χ1n) is 12.0. The third-order valence-corrected chi connectivity index (χ3v) is 7.40. The van der Waals surface area contributed by atoms with E-state index in [1.807, 2.05) is 24.3 Å². The summed E-state index contributed by atoms with van der Waals surface area (Å²) in [5.41, 5.74) is 2.08. The average molecular weight is 472 g/mol. The summed E-state index contributed by atoms with van der Waals surface area (Å²) in [5, 5.41) is 12.3. The number of nitrogens with one attached hydrogen (secondary N) is 1. The number of aromatic nitrogens is 3. The van der Waals surface area contributed by atoms with E-state index in [4.69, 9.17) is 16.3 Å². The first kappa shape index (κ1) is 22.3. The summed E-state index contributed by atoms with van der Waals surface area (Å²) in [6.07, 6.45) is 7.05. The summed E-state index contributed by atoms with van der Waals surface area (Å²) in [5.74, 6) is 0.00101. The molecule has 1 saturated carbocycles. The van der Waals surface area contributed by atoms with Gasteiger partial charge in [-0.1, -0.05) is 48.2 Å². The maximum Gasteiger partial charge on any atom is 0.276 e. The fourth-order valence-corrected chi connectivity index (χ4v) is 5.24. The Morgan fingerprint density at radius 2 is 1.76 bits per heavy atom. The third kappa shape index (κ3) is 4.92. The van der Waals surface area contributed by atoms with Crippen LogP contribution in [0.5, 0.6) is 0 Å². The quantitative estimate of drug-likeness (QED) is 0.737. The fraction of sp³-hybridized carbons (Fsp3) is 0.583. The Balaban J connectivity index is 1.17. The van der Waals surface area contributed by atoms with Gasteiger partial charge in [-0.2, -0.15) is 0 Å². The summed E-state index contributed by atoms with van der Waals surface area (Å²) in [7, 11) is 0. The summed E-state index contributed by atoms with van der Waals surface area (Å²) < 4.78 is 7.78. The molecule has 1 aromatic carbocycles. The monoisotopic (exact) mass is 471 g/mol. The molecular formula is C24H30ClN5O3. The van der Waals surface area contributed by atoms with Crippen molar-refractivity contribution in [2.75, 3.05) is 13.1 Å². The number of halogens is 1. The van der Waals surface area contributed by atoms with Gasteiger partial charge < -0.3 is 15.0 Å². The van der Waals surface area contributed by atoms with Crippen LogP contribution in [0, 0.1) is 5.92 Å². The molecule has 2 amide bonds. The van der Waals surface area contributed by atoms with Crippen LogP contribution in [-0.4, -0.2) is 50.8 Å². The number of benzene rings is 1. The second-order valence-electron chi connectivity index (χ2n) is 9.33. The first-order valence-corrected chi connectivity index (χ1v) is 12.4. The summed E-state index contributed by atoms with van der Waals surface area (Å²) in [4.78, 5) is 27.6. The van der Waals surface area contributed by atoms with E-state index >= 15 is 0 Å². The number of rotatable bonds is 4. The number of carbonyl (C=O) groups excluding carboxylic acids is 2. The van der Waals surface area contributed by atoms with E-state index in [-0.39, 0.29) is 30.4 Å². The molecule has 1 aromatic heterocycles. The molecule has 1 atom stereocenters. The number of likely N-dealkylation sites (tertiary alicyclic amines) is 1. The van der Waals surface area contributed by atoms with Gasteiger partial charge in [0.2, 0.25) is 5.91 Å². The minimum Gasteiger partial charge on any atom is -0.365 e. The number of fused-ring (bicyclic) bond motifs is 1. The molecule has 9 heteroatoms. The van der Waals surface area contributed by atoms with Crippen molar-refractivity contribution in [1.29, 1.82) is 0 Å². The van der Waals surface area contributed by atoms with E-state index in [9.17, 15) is 9.59 Å². The largest absolute Gasteiger partial charge is 0.365 e. The molecule has 1 unspecified atom stereocenters. The zero-order valence-corrected chi connectivity index (χ0v) is 19.5. The molecule has 2 fully saturated rings. The highest BCUT2D eigenvalue weighted by atomic mass is 35.5. The first-order chi connectivity index (χ1) is 16.1. The minimum absolute atomic E-state index is 0.0199. The number of ether oxygens (including phenoxy) is 1. The van der Waals surface area contributed by atoms with Crippen LogP contribution in [0.15, 0.2) is 24.3 Å². The Morgan fingerprint density at radius 1 is 1.03 bits per heavy atom. The second kappa shape index (κ2) is 9.81. The van der Waals surface area contributed by atoms with Gasteiger partial charge in [0, 0.05) is 30.1 Å². The van der Waals surface area contributed by atoms with Crippen molar-refractivity contribution in [3.8, 4) is 0 Å². The normalized spacial score (nSPS) is 22.1. The Kier molecular flexibility index (Phi) is 6.64. The second-order valence-corrected chi connectivity index (χ2v) is 9.76. The molecule has 3 heterocycles. The van der Waals surface area contributed by atoms with E-state index < -0.39 is 0 Å². The van der Waals surface area contributed by atoms with Gasteiger partial charge in [-0.15, -0.1) is 5.10 Å². The Morgan fingerprint density at radius 3 is 2.48 bits per heavy atom. The highest BCUT2D eigenvalue weighted by molar-refractivity contribution is 6.30. The smallest absolute Gasteiger partial charge is 0.276 e. The fourth-order valence-electron chi connectivity index (χ4n) is 5.12. The molecule has 0 bridgehead atoms. The molecule has 1 aliphatic carbocycles. The zero-order chi connectivity index (χ0) is 22.8. The van der Waals surface area contributed by atoms with Crippen molar-refractivity contribution in [1.82, 2.24) is 25.2 Å². The van der Waals surface area contributed by atoms with Gasteiger partial charge in [-0.3, -0.25) is 9.59 Å². The van der Waals surface area contributed by atoms with E-state index in [1.54, 1.807) is 9.58 Å². The molecule has 5 rings (SSSR count). The third-order valence-electron chi connectivity index (χ3n) is 7.15. The highest BCUT2D eigenvalue weighted by Crippen LogP contribution is 2.29. The van der Waals surface area contributed by atoms with Crippen LogP contribution in [0.2, 0.25) is 5.02 Å². The lowest BCUT2D eigenvalue weighted by Gasteiger charge is -2.32. The summed E-state index contributed by atoms with van der Waals surface area (Å²) in [6, 6.07) is 7.88. The van der Waals surface area contributed by atoms with Gasteiger partial charge in [0.15, 0.2) is 5.69 Å². The van der Waals surface area contributed by atoms with E-state index in [2.05, 4.69) is 15.6 Å². The molecule has 8 nitrogen and oxygen atoms in total. The lowest BCUT2D eigenvalue weighted by atomic mass is 9.92. The molecule has 0 spiro atoms. The number of carbonyl (C=O) groups is 2.